The average Bonchev–Trinajstić information content (AvgIpc) is 2.76. The third-order valence-electron chi connectivity index (χ3n) is 4.58. The fraction of sp³-hybridized carbons (Fsp3) is 0.478. The normalized spacial score (nSPS) is 10.9. The summed E-state index contributed by atoms with van der Waals surface area (Å²) in [5.74, 6) is -0.0683. The summed E-state index contributed by atoms with van der Waals surface area (Å²) in [5, 5.41) is 10.6. The number of hydrogen-bond donors (Lipinski definition) is 4. The van der Waals surface area contributed by atoms with Crippen molar-refractivity contribution in [3.05, 3.63) is 53.7 Å². The van der Waals surface area contributed by atoms with Crippen molar-refractivity contribution in [2.75, 3.05) is 39.3 Å². The molecule has 0 aliphatic heterocycles. The second kappa shape index (κ2) is 15.0. The summed E-state index contributed by atoms with van der Waals surface area (Å²) < 4.78 is 0. The molecule has 1 aromatic heterocycles. The number of nitrogens with one attached hydrogen (secondary N) is 3. The van der Waals surface area contributed by atoms with Gasteiger partial charge in [0.05, 0.1) is 5.56 Å². The number of hydrogen-bond acceptors (Lipinski definition) is 6. The van der Waals surface area contributed by atoms with E-state index in [0.29, 0.717) is 12.1 Å². The maximum absolute atomic E-state index is 12.6. The summed E-state index contributed by atoms with van der Waals surface area (Å²) in [5.41, 5.74) is 7.30. The average molecular weight is 430 g/mol. The van der Waals surface area contributed by atoms with E-state index in [1.54, 1.807) is 12.3 Å². The molecule has 0 fully saturated rings. The SMILES string of the molecule is Cc1ccc(Sc2ncccc2C(=O)NCCCNCCCCNCCCN)cc1. The van der Waals surface area contributed by atoms with Gasteiger partial charge in [-0.25, -0.2) is 4.98 Å². The van der Waals surface area contributed by atoms with Crippen molar-refractivity contribution in [1.82, 2.24) is 20.9 Å². The van der Waals surface area contributed by atoms with Crippen molar-refractivity contribution in [2.24, 2.45) is 5.73 Å². The van der Waals surface area contributed by atoms with Crippen molar-refractivity contribution in [3.63, 3.8) is 0 Å². The van der Waals surface area contributed by atoms with Gasteiger partial charge in [0.2, 0.25) is 0 Å². The number of pyridine rings is 1. The summed E-state index contributed by atoms with van der Waals surface area (Å²) in [7, 11) is 0. The highest BCUT2D eigenvalue weighted by Crippen LogP contribution is 2.28. The first-order valence-electron chi connectivity index (χ1n) is 10.8. The minimum absolute atomic E-state index is 0.0683. The topological polar surface area (TPSA) is 92.1 Å². The Morgan fingerprint density at radius 2 is 1.60 bits per heavy atom. The summed E-state index contributed by atoms with van der Waals surface area (Å²) in [6, 6.07) is 11.9. The number of aryl methyl sites for hydroxylation is 1. The highest BCUT2D eigenvalue weighted by atomic mass is 32.2. The van der Waals surface area contributed by atoms with E-state index in [1.165, 1.54) is 17.3 Å². The number of benzene rings is 1. The van der Waals surface area contributed by atoms with Crippen LogP contribution in [-0.4, -0.2) is 50.2 Å². The van der Waals surface area contributed by atoms with Crippen LogP contribution in [0.4, 0.5) is 0 Å². The van der Waals surface area contributed by atoms with E-state index >= 15 is 0 Å². The fourth-order valence-corrected chi connectivity index (χ4v) is 3.73. The quantitative estimate of drug-likeness (QED) is 0.325. The van der Waals surface area contributed by atoms with E-state index in [2.05, 4.69) is 52.1 Å². The van der Waals surface area contributed by atoms with Crippen LogP contribution in [0.15, 0.2) is 52.5 Å². The van der Waals surface area contributed by atoms with Crippen molar-refractivity contribution in [3.8, 4) is 0 Å². The Bertz CT molecular complexity index is 739. The Morgan fingerprint density at radius 1 is 0.933 bits per heavy atom. The van der Waals surface area contributed by atoms with Crippen LogP contribution < -0.4 is 21.7 Å². The summed E-state index contributed by atoms with van der Waals surface area (Å²) >= 11 is 1.52. The predicted octanol–water partition coefficient (Wildman–Crippen LogP) is 2.97. The molecule has 2 aromatic rings. The van der Waals surface area contributed by atoms with Crippen molar-refractivity contribution >= 4 is 17.7 Å². The zero-order valence-corrected chi connectivity index (χ0v) is 18.8. The Balaban J connectivity index is 1.62. The molecular weight excluding hydrogens is 394 g/mol. The molecule has 30 heavy (non-hydrogen) atoms. The maximum Gasteiger partial charge on any atom is 0.254 e. The van der Waals surface area contributed by atoms with Crippen LogP contribution in [0.25, 0.3) is 0 Å². The summed E-state index contributed by atoms with van der Waals surface area (Å²) in [4.78, 5) is 18.1. The number of carbonyl (C=O) groups excluding carboxylic acids is 1. The number of aromatic nitrogens is 1. The number of nitrogens with two attached hydrogens (primary N) is 1. The molecule has 7 heteroatoms. The molecule has 0 radical (unpaired) electrons. The van der Waals surface area contributed by atoms with Gasteiger partial charge in [-0.15, -0.1) is 0 Å². The Morgan fingerprint density at radius 3 is 2.30 bits per heavy atom. The molecule has 0 spiro atoms. The Kier molecular flexibility index (Phi) is 12.1. The second-order valence-corrected chi connectivity index (χ2v) is 8.29. The second-order valence-electron chi connectivity index (χ2n) is 7.23. The zero-order valence-electron chi connectivity index (χ0n) is 18.0. The molecule has 0 saturated carbocycles. The van der Waals surface area contributed by atoms with E-state index in [9.17, 15) is 4.79 Å². The number of nitrogens with zero attached hydrogens (tertiary/aromatic N) is 1. The third-order valence-corrected chi connectivity index (χ3v) is 5.61. The predicted molar refractivity (Wildman–Crippen MR) is 125 cm³/mol. The minimum Gasteiger partial charge on any atom is -0.352 e. The molecule has 1 amide bonds. The molecule has 1 heterocycles. The van der Waals surface area contributed by atoms with Gasteiger partial charge in [0, 0.05) is 17.6 Å². The first-order valence-corrected chi connectivity index (χ1v) is 11.6. The van der Waals surface area contributed by atoms with Crippen LogP contribution in [0.3, 0.4) is 0 Å². The lowest BCUT2D eigenvalue weighted by Crippen LogP contribution is -2.28. The lowest BCUT2D eigenvalue weighted by atomic mass is 10.2. The Labute approximate surface area is 184 Å². The number of amides is 1. The summed E-state index contributed by atoms with van der Waals surface area (Å²) in [6.45, 7) is 7.42. The molecular formula is C23H35N5OS. The number of carbonyl (C=O) groups is 1. The molecule has 0 saturated heterocycles. The van der Waals surface area contributed by atoms with Crippen molar-refractivity contribution in [1.29, 1.82) is 0 Å². The number of unbranched alkanes of at least 4 members (excludes halogenated alkanes) is 1. The van der Waals surface area contributed by atoms with E-state index < -0.39 is 0 Å². The van der Waals surface area contributed by atoms with Gasteiger partial charge in [0.1, 0.15) is 5.03 Å². The first kappa shape index (κ1) is 24.3. The van der Waals surface area contributed by atoms with E-state index in [0.717, 1.165) is 68.3 Å². The highest BCUT2D eigenvalue weighted by molar-refractivity contribution is 7.99. The van der Waals surface area contributed by atoms with Gasteiger partial charge < -0.3 is 21.7 Å². The lowest BCUT2D eigenvalue weighted by molar-refractivity contribution is 0.0949. The van der Waals surface area contributed by atoms with Crippen LogP contribution in [0.1, 0.15) is 41.6 Å². The molecule has 6 nitrogen and oxygen atoms in total. The molecule has 0 aliphatic carbocycles. The van der Waals surface area contributed by atoms with Crippen LogP contribution in [0.2, 0.25) is 0 Å². The largest absolute Gasteiger partial charge is 0.352 e. The van der Waals surface area contributed by atoms with Gasteiger partial charge in [-0.1, -0.05) is 29.5 Å². The first-order chi connectivity index (χ1) is 14.7. The molecule has 1 aromatic carbocycles. The van der Waals surface area contributed by atoms with Gasteiger partial charge in [-0.05, 0) is 89.6 Å². The van der Waals surface area contributed by atoms with Crippen molar-refractivity contribution < 1.29 is 4.79 Å². The maximum atomic E-state index is 12.6. The van der Waals surface area contributed by atoms with E-state index in [1.807, 2.05) is 6.07 Å². The van der Waals surface area contributed by atoms with Crippen LogP contribution in [0.5, 0.6) is 0 Å². The van der Waals surface area contributed by atoms with Crippen molar-refractivity contribution in [2.45, 2.75) is 42.5 Å². The molecule has 5 N–H and O–H groups in total. The molecule has 0 unspecified atom stereocenters. The van der Waals surface area contributed by atoms with Crippen LogP contribution in [0, 0.1) is 6.92 Å². The molecule has 0 bridgehead atoms. The molecule has 0 aliphatic rings. The molecule has 0 atom stereocenters. The lowest BCUT2D eigenvalue weighted by Gasteiger charge is -2.10. The Hall–Kier alpha value is -1.93. The standard InChI is InChI=1S/C23H35N5OS/c1-19-8-10-20(11-9-19)30-23-21(7-4-17-28-23)22(29)27-18-6-16-26-14-3-2-13-25-15-5-12-24/h4,7-11,17,25-26H,2-3,5-6,12-16,18,24H2,1H3,(H,27,29). The van der Waals surface area contributed by atoms with Gasteiger partial charge in [0.15, 0.2) is 0 Å². The minimum atomic E-state index is -0.0683. The van der Waals surface area contributed by atoms with Gasteiger partial charge >= 0.3 is 0 Å². The number of rotatable bonds is 15. The van der Waals surface area contributed by atoms with E-state index in [-0.39, 0.29) is 5.91 Å². The monoisotopic (exact) mass is 429 g/mol. The zero-order chi connectivity index (χ0) is 21.4. The highest BCUT2D eigenvalue weighted by Gasteiger charge is 2.13. The van der Waals surface area contributed by atoms with Crippen LogP contribution in [-0.2, 0) is 0 Å². The van der Waals surface area contributed by atoms with Gasteiger partial charge in [-0.2, -0.15) is 0 Å². The van der Waals surface area contributed by atoms with E-state index in [4.69, 9.17) is 5.73 Å². The summed E-state index contributed by atoms with van der Waals surface area (Å²) in [6.07, 6.45) is 5.98. The van der Waals surface area contributed by atoms with Gasteiger partial charge in [0.25, 0.3) is 5.91 Å². The third kappa shape index (κ3) is 9.71. The molecule has 164 valence electrons. The van der Waals surface area contributed by atoms with Crippen LogP contribution >= 0.6 is 11.8 Å². The van der Waals surface area contributed by atoms with Gasteiger partial charge in [-0.3, -0.25) is 4.79 Å². The molecule has 2 rings (SSSR count). The fourth-order valence-electron chi connectivity index (χ4n) is 2.85. The smallest absolute Gasteiger partial charge is 0.254 e.